The Morgan fingerprint density at radius 2 is 1.74 bits per heavy atom. The first-order chi connectivity index (χ1) is 20.6. The molecule has 12 heteroatoms. The molecule has 0 spiro atoms. The highest BCUT2D eigenvalue weighted by molar-refractivity contribution is 5.90. The highest BCUT2D eigenvalue weighted by Crippen LogP contribution is 2.18. The number of carbonyl (C=O) groups is 4. The summed E-state index contributed by atoms with van der Waals surface area (Å²) in [6, 6.07) is 5.33. The molecule has 12 nitrogen and oxygen atoms in total. The van der Waals surface area contributed by atoms with Gasteiger partial charge in [-0.15, -0.1) is 0 Å². The number of amides is 2. The monoisotopic (exact) mass is 606 g/mol. The van der Waals surface area contributed by atoms with Crippen molar-refractivity contribution in [2.75, 3.05) is 46.1 Å². The average molecular weight is 607 g/mol. The molecule has 242 valence electrons. The summed E-state index contributed by atoms with van der Waals surface area (Å²) in [5.74, 6) is -1.56. The highest BCUT2D eigenvalue weighted by atomic mass is 16.5. The van der Waals surface area contributed by atoms with Crippen LogP contribution in [0.2, 0.25) is 0 Å². The smallest absolute Gasteiger partial charge is 0.239 e. The minimum atomic E-state index is -0.911. The van der Waals surface area contributed by atoms with Crippen LogP contribution in [-0.4, -0.2) is 103 Å². The molecular formula is C31H50N4O8. The van der Waals surface area contributed by atoms with E-state index in [2.05, 4.69) is 12.2 Å². The number of hydrogen-bond donors (Lipinski definition) is 5. The molecule has 43 heavy (non-hydrogen) atoms. The van der Waals surface area contributed by atoms with E-state index in [0.717, 1.165) is 44.2 Å². The van der Waals surface area contributed by atoms with Gasteiger partial charge in [-0.1, -0.05) is 25.0 Å². The van der Waals surface area contributed by atoms with Gasteiger partial charge in [0, 0.05) is 32.0 Å². The molecule has 1 fully saturated rings. The topological polar surface area (TPSA) is 195 Å². The number of hydrogen-bond acceptors (Lipinski definition) is 10. The quantitative estimate of drug-likeness (QED) is 0.118. The molecule has 1 aromatic carbocycles. The summed E-state index contributed by atoms with van der Waals surface area (Å²) in [7, 11) is 0. The maximum Gasteiger partial charge on any atom is 0.239 e. The number of phenols is 1. The summed E-state index contributed by atoms with van der Waals surface area (Å²) in [6.07, 6.45) is 5.54. The maximum atomic E-state index is 12.5. The van der Waals surface area contributed by atoms with Crippen LogP contribution < -0.4 is 16.8 Å². The molecule has 4 atom stereocenters. The first-order valence-electron chi connectivity index (χ1n) is 15.3. The van der Waals surface area contributed by atoms with Crippen molar-refractivity contribution >= 4 is 23.4 Å². The van der Waals surface area contributed by atoms with Gasteiger partial charge in [0.2, 0.25) is 11.8 Å². The second-order valence-corrected chi connectivity index (χ2v) is 11.3. The molecule has 0 aromatic heterocycles. The van der Waals surface area contributed by atoms with E-state index in [1.165, 1.54) is 12.1 Å². The fourth-order valence-electron chi connectivity index (χ4n) is 4.96. The van der Waals surface area contributed by atoms with Crippen LogP contribution in [-0.2, 0) is 35.1 Å². The summed E-state index contributed by atoms with van der Waals surface area (Å²) in [5.41, 5.74) is 12.8. The Hall–Kier alpha value is -2.90. The molecule has 1 aliphatic heterocycles. The molecule has 1 aromatic rings. The van der Waals surface area contributed by atoms with E-state index in [0.29, 0.717) is 12.8 Å². The minimum Gasteiger partial charge on any atom is -0.508 e. The number of aromatic hydroxyl groups is 1. The molecule has 1 heterocycles. The van der Waals surface area contributed by atoms with Gasteiger partial charge in [-0.2, -0.15) is 0 Å². The second kappa shape index (κ2) is 20.1. The molecule has 0 saturated carbocycles. The van der Waals surface area contributed by atoms with Crippen LogP contribution in [0.25, 0.3) is 0 Å². The molecule has 1 unspecified atom stereocenters. The fraction of sp³-hybridized carbons (Fsp3) is 0.677. The number of Topliss-reactive ketones (excluding diaryl/α,β-unsaturated/α-hetero) is 2. The van der Waals surface area contributed by atoms with Gasteiger partial charge in [-0.05, 0) is 56.7 Å². The van der Waals surface area contributed by atoms with Crippen LogP contribution in [0.5, 0.6) is 5.75 Å². The standard InChI is InChI=1S/C31H50N4O8/c1-22-6-5-14-35(22)31(41)27(32)8-4-2-3-7-26(38)21-43-17-16-42-15-13-34-30(40)24(20-36)19-29(39)28(33)18-23-9-11-25(37)12-10-23/h9-12,22,24,27-28,36-37H,2-8,13-21,32-33H2,1H3,(H,34,40)/t22-,24+,27?,28+/m1/s1. The normalized spacial score (nSPS) is 16.9. The Bertz CT molecular complexity index is 1010. The Kier molecular flexibility index (Phi) is 17.0. The molecule has 1 saturated heterocycles. The lowest BCUT2D eigenvalue weighted by Gasteiger charge is -2.24. The van der Waals surface area contributed by atoms with Crippen LogP contribution in [0.15, 0.2) is 24.3 Å². The van der Waals surface area contributed by atoms with Gasteiger partial charge in [0.05, 0.1) is 44.4 Å². The Labute approximate surface area is 254 Å². The number of ether oxygens (including phenoxy) is 2. The third kappa shape index (κ3) is 14.0. The first-order valence-corrected chi connectivity index (χ1v) is 15.3. The van der Waals surface area contributed by atoms with Crippen molar-refractivity contribution in [3.63, 3.8) is 0 Å². The minimum absolute atomic E-state index is 0.00547. The molecule has 2 rings (SSSR count). The van der Waals surface area contributed by atoms with E-state index < -0.39 is 30.5 Å². The van der Waals surface area contributed by atoms with Crippen LogP contribution in [0.1, 0.15) is 63.9 Å². The summed E-state index contributed by atoms with van der Waals surface area (Å²) in [6.45, 7) is 3.24. The predicted octanol–water partition coefficient (Wildman–Crippen LogP) is 0.837. The van der Waals surface area contributed by atoms with Crippen molar-refractivity contribution in [2.24, 2.45) is 17.4 Å². The van der Waals surface area contributed by atoms with Crippen molar-refractivity contribution in [1.82, 2.24) is 10.2 Å². The first kappa shape index (κ1) is 36.3. The van der Waals surface area contributed by atoms with Crippen molar-refractivity contribution in [3.8, 4) is 5.75 Å². The number of aliphatic hydroxyl groups excluding tert-OH is 1. The van der Waals surface area contributed by atoms with Crippen LogP contribution in [0.4, 0.5) is 0 Å². The van der Waals surface area contributed by atoms with Crippen LogP contribution in [0, 0.1) is 5.92 Å². The summed E-state index contributed by atoms with van der Waals surface area (Å²) in [4.78, 5) is 51.1. The largest absolute Gasteiger partial charge is 0.508 e. The Balaban J connectivity index is 1.46. The molecule has 7 N–H and O–H groups in total. The number of unbranched alkanes of at least 4 members (excludes halogenated alkanes) is 2. The zero-order chi connectivity index (χ0) is 31.6. The third-order valence-electron chi connectivity index (χ3n) is 7.65. The number of nitrogens with zero attached hydrogens (tertiary/aromatic N) is 1. The van der Waals surface area contributed by atoms with Crippen molar-refractivity contribution < 1.29 is 38.9 Å². The fourth-order valence-corrected chi connectivity index (χ4v) is 4.96. The number of nitrogens with one attached hydrogen (secondary N) is 1. The van der Waals surface area contributed by atoms with Crippen molar-refractivity contribution in [2.45, 2.75) is 82.8 Å². The zero-order valence-corrected chi connectivity index (χ0v) is 25.4. The average Bonchev–Trinajstić information content (AvgIpc) is 3.42. The van der Waals surface area contributed by atoms with Crippen molar-refractivity contribution in [3.05, 3.63) is 29.8 Å². The van der Waals surface area contributed by atoms with E-state index in [1.807, 2.05) is 4.90 Å². The lowest BCUT2D eigenvalue weighted by molar-refractivity contribution is -0.133. The van der Waals surface area contributed by atoms with E-state index in [4.69, 9.17) is 20.9 Å². The SMILES string of the molecule is C[C@@H]1CCCN1C(=O)C(N)CCCCCC(=O)COCCOCCNC(=O)[C@H](CO)CC(=O)[C@@H](N)Cc1ccc(O)cc1. The van der Waals surface area contributed by atoms with Crippen molar-refractivity contribution in [1.29, 1.82) is 0 Å². The molecule has 1 aliphatic rings. The molecular weight excluding hydrogens is 556 g/mol. The molecule has 0 aliphatic carbocycles. The van der Waals surface area contributed by atoms with Crippen LogP contribution >= 0.6 is 0 Å². The molecule has 0 radical (unpaired) electrons. The van der Waals surface area contributed by atoms with Gasteiger partial charge >= 0.3 is 0 Å². The number of likely N-dealkylation sites (tertiary alicyclic amines) is 1. The van der Waals surface area contributed by atoms with Gasteiger partial charge in [0.15, 0.2) is 11.6 Å². The van der Waals surface area contributed by atoms with Gasteiger partial charge in [-0.3, -0.25) is 19.2 Å². The van der Waals surface area contributed by atoms with Gasteiger partial charge < -0.3 is 41.4 Å². The van der Waals surface area contributed by atoms with Gasteiger partial charge in [0.1, 0.15) is 12.4 Å². The van der Waals surface area contributed by atoms with E-state index in [9.17, 15) is 29.4 Å². The molecule has 0 bridgehead atoms. The second-order valence-electron chi connectivity index (χ2n) is 11.3. The number of carbonyl (C=O) groups excluding carboxylic acids is 4. The lowest BCUT2D eigenvalue weighted by Crippen LogP contribution is -2.45. The van der Waals surface area contributed by atoms with E-state index in [1.54, 1.807) is 12.1 Å². The number of benzene rings is 1. The number of ketones is 2. The molecule has 2 amide bonds. The van der Waals surface area contributed by atoms with Gasteiger partial charge in [-0.25, -0.2) is 0 Å². The van der Waals surface area contributed by atoms with Crippen LogP contribution in [0.3, 0.4) is 0 Å². The third-order valence-corrected chi connectivity index (χ3v) is 7.65. The lowest BCUT2D eigenvalue weighted by atomic mass is 9.95. The van der Waals surface area contributed by atoms with E-state index in [-0.39, 0.29) is 75.1 Å². The predicted molar refractivity (Wildman–Crippen MR) is 161 cm³/mol. The number of rotatable bonds is 22. The summed E-state index contributed by atoms with van der Waals surface area (Å²) in [5, 5.41) is 21.6. The number of phenolic OH excluding ortho intramolecular Hbond substituents is 1. The Morgan fingerprint density at radius 1 is 1.02 bits per heavy atom. The summed E-state index contributed by atoms with van der Waals surface area (Å²) >= 11 is 0. The highest BCUT2D eigenvalue weighted by Gasteiger charge is 2.28. The number of aliphatic hydroxyl groups is 1. The zero-order valence-electron chi connectivity index (χ0n) is 25.4. The summed E-state index contributed by atoms with van der Waals surface area (Å²) < 4.78 is 10.8. The van der Waals surface area contributed by atoms with E-state index >= 15 is 0 Å². The maximum absolute atomic E-state index is 12.5. The Morgan fingerprint density at radius 3 is 2.42 bits per heavy atom. The van der Waals surface area contributed by atoms with Gasteiger partial charge in [0.25, 0.3) is 0 Å². The number of nitrogens with two attached hydrogens (primary N) is 2.